The van der Waals surface area contributed by atoms with Crippen LogP contribution in [0.2, 0.25) is 0 Å². The van der Waals surface area contributed by atoms with Crippen molar-refractivity contribution in [2.75, 3.05) is 0 Å². The van der Waals surface area contributed by atoms with Crippen LogP contribution in [0.5, 0.6) is 0 Å². The Labute approximate surface area is 60.0 Å². The first-order chi connectivity index (χ1) is 4.54. The van der Waals surface area contributed by atoms with Crippen LogP contribution in [0, 0.1) is 0 Å². The molecule has 0 spiro atoms. The van der Waals surface area contributed by atoms with Crippen LogP contribution < -0.4 is 11.5 Å². The van der Waals surface area contributed by atoms with Gasteiger partial charge in [-0.15, -0.1) is 0 Å². The Morgan fingerprint density at radius 2 is 1.60 bits per heavy atom. The van der Waals surface area contributed by atoms with E-state index < -0.39 is 0 Å². The number of ether oxygens (including phenoxy) is 1. The summed E-state index contributed by atoms with van der Waals surface area (Å²) < 4.78 is 4.81. The van der Waals surface area contributed by atoms with Crippen LogP contribution in [0.4, 0.5) is 0 Å². The monoisotopic (exact) mass is 150 g/mol. The topological polar surface area (TPSA) is 98.6 Å². The number of carbonyl (C=O) groups is 1. The highest BCUT2D eigenvalue weighted by atomic mass is 16.5. The van der Waals surface area contributed by atoms with Crippen LogP contribution >= 0.6 is 0 Å². The van der Waals surface area contributed by atoms with Crippen LogP contribution in [-0.2, 0) is 9.53 Å². The van der Waals surface area contributed by atoms with Gasteiger partial charge in [-0.1, -0.05) is 0 Å². The van der Waals surface area contributed by atoms with Gasteiger partial charge in [0.15, 0.2) is 0 Å². The van der Waals surface area contributed by atoms with Crippen molar-refractivity contribution in [2.24, 2.45) is 11.5 Å². The normalized spacial score (nSPS) is 14.4. The van der Waals surface area contributed by atoms with Gasteiger partial charge in [-0.25, -0.2) is 0 Å². The van der Waals surface area contributed by atoms with Crippen LogP contribution in [0.15, 0.2) is 0 Å². The van der Waals surface area contributed by atoms with E-state index in [9.17, 15) is 0 Å². The van der Waals surface area contributed by atoms with E-state index in [0.29, 0.717) is 0 Å². The molecule has 0 radical (unpaired) electrons. The van der Waals surface area contributed by atoms with E-state index in [1.54, 1.807) is 13.8 Å². The first-order valence-corrected chi connectivity index (χ1v) is 2.79. The molecule has 2 atom stereocenters. The van der Waals surface area contributed by atoms with Crippen LogP contribution in [0.3, 0.4) is 0 Å². The number of hydrogen-bond acceptors (Lipinski definition) is 4. The van der Waals surface area contributed by atoms with Gasteiger partial charge in [0.05, 0.1) is 0 Å². The summed E-state index contributed by atoms with van der Waals surface area (Å²) in [6, 6.07) is 0. The Hall–Kier alpha value is -0.650. The van der Waals surface area contributed by atoms with E-state index in [1.807, 2.05) is 0 Å². The molecular formula is C5H14N2O3. The van der Waals surface area contributed by atoms with E-state index in [4.69, 9.17) is 26.1 Å². The Morgan fingerprint density at radius 3 is 1.60 bits per heavy atom. The van der Waals surface area contributed by atoms with E-state index in [1.165, 1.54) is 0 Å². The van der Waals surface area contributed by atoms with Gasteiger partial charge in [-0.05, 0) is 13.8 Å². The van der Waals surface area contributed by atoms with E-state index in [-0.39, 0.29) is 18.9 Å². The molecule has 0 amide bonds. The fourth-order valence-corrected chi connectivity index (χ4v) is 0.339. The average molecular weight is 150 g/mol. The molecule has 0 fully saturated rings. The number of nitrogens with two attached hydrogens (primary N) is 2. The first-order valence-electron chi connectivity index (χ1n) is 2.79. The van der Waals surface area contributed by atoms with Gasteiger partial charge in [0.1, 0.15) is 12.5 Å². The second-order valence-corrected chi connectivity index (χ2v) is 1.65. The van der Waals surface area contributed by atoms with E-state index in [2.05, 4.69) is 0 Å². The maximum Gasteiger partial charge on any atom is 0.290 e. The summed E-state index contributed by atoms with van der Waals surface area (Å²) in [4.78, 5) is 8.36. The van der Waals surface area contributed by atoms with Gasteiger partial charge in [-0.3, -0.25) is 4.79 Å². The second kappa shape index (κ2) is 8.35. The van der Waals surface area contributed by atoms with Gasteiger partial charge in [-0.2, -0.15) is 0 Å². The van der Waals surface area contributed by atoms with Gasteiger partial charge in [0.25, 0.3) is 6.47 Å². The zero-order valence-electron chi connectivity index (χ0n) is 6.15. The summed E-state index contributed by atoms with van der Waals surface area (Å²) in [7, 11) is 0. The summed E-state index contributed by atoms with van der Waals surface area (Å²) >= 11 is 0. The van der Waals surface area contributed by atoms with Crippen molar-refractivity contribution in [3.8, 4) is 0 Å². The fourth-order valence-electron chi connectivity index (χ4n) is 0.339. The lowest BCUT2D eigenvalue weighted by atomic mass is 10.6. The van der Waals surface area contributed by atoms with Crippen LogP contribution in [0.1, 0.15) is 13.8 Å². The van der Waals surface area contributed by atoms with Crippen molar-refractivity contribution in [3.63, 3.8) is 0 Å². The van der Waals surface area contributed by atoms with Crippen molar-refractivity contribution >= 4 is 6.47 Å². The van der Waals surface area contributed by atoms with Crippen molar-refractivity contribution < 1.29 is 14.6 Å². The van der Waals surface area contributed by atoms with Crippen molar-refractivity contribution in [3.05, 3.63) is 0 Å². The lowest BCUT2D eigenvalue weighted by Crippen LogP contribution is -2.29. The molecule has 2 unspecified atom stereocenters. The minimum atomic E-state index is -0.250. The summed E-state index contributed by atoms with van der Waals surface area (Å²) in [5, 5.41) is 6.89. The van der Waals surface area contributed by atoms with Crippen LogP contribution in [0.25, 0.3) is 0 Å². The van der Waals surface area contributed by atoms with Gasteiger partial charge >= 0.3 is 0 Å². The molecule has 0 rings (SSSR count). The molecule has 10 heavy (non-hydrogen) atoms. The van der Waals surface area contributed by atoms with Crippen molar-refractivity contribution in [2.45, 2.75) is 26.3 Å². The molecule has 62 valence electrons. The van der Waals surface area contributed by atoms with Crippen molar-refractivity contribution in [1.82, 2.24) is 0 Å². The highest BCUT2D eigenvalue weighted by molar-refractivity contribution is 5.32. The van der Waals surface area contributed by atoms with Gasteiger partial charge < -0.3 is 21.3 Å². The third kappa shape index (κ3) is 26.4. The molecule has 0 aromatic carbocycles. The predicted molar refractivity (Wildman–Crippen MR) is 37.1 cm³/mol. The second-order valence-electron chi connectivity index (χ2n) is 1.65. The van der Waals surface area contributed by atoms with E-state index in [0.717, 1.165) is 0 Å². The highest BCUT2D eigenvalue weighted by Crippen LogP contribution is 1.81. The number of hydrogen-bond donors (Lipinski definition) is 3. The summed E-state index contributed by atoms with van der Waals surface area (Å²) in [5.74, 6) is 0. The minimum Gasteiger partial charge on any atom is -0.483 e. The zero-order valence-corrected chi connectivity index (χ0v) is 6.15. The third-order valence-corrected chi connectivity index (χ3v) is 0.429. The molecule has 0 aliphatic heterocycles. The Morgan fingerprint density at radius 1 is 1.40 bits per heavy atom. The molecule has 0 saturated carbocycles. The quantitative estimate of drug-likeness (QED) is 0.357. The standard InChI is InChI=1S/C4H12N2O.CH2O2/c1-3(5)7-4(2)6;2-1-3/h3-4H,5-6H2,1-2H3;1H,(H,2,3). The lowest BCUT2D eigenvalue weighted by Gasteiger charge is -2.09. The zero-order chi connectivity index (χ0) is 8.57. The fraction of sp³-hybridized carbons (Fsp3) is 0.800. The molecule has 5 N–H and O–H groups in total. The SMILES string of the molecule is CC(N)OC(C)N.O=CO. The molecule has 0 aromatic heterocycles. The maximum absolute atomic E-state index is 8.36. The minimum absolute atomic E-state index is 0.250. The maximum atomic E-state index is 8.36. The van der Waals surface area contributed by atoms with Crippen molar-refractivity contribution in [1.29, 1.82) is 0 Å². The summed E-state index contributed by atoms with van der Waals surface area (Å²) in [5.41, 5.74) is 10.4. The predicted octanol–water partition coefficient (Wildman–Crippen LogP) is -0.687. The Bertz CT molecular complexity index is 69.3. The molecule has 5 nitrogen and oxygen atoms in total. The van der Waals surface area contributed by atoms with Gasteiger partial charge in [0, 0.05) is 0 Å². The average Bonchev–Trinajstić information content (AvgIpc) is 1.62. The smallest absolute Gasteiger partial charge is 0.290 e. The summed E-state index contributed by atoms with van der Waals surface area (Å²) in [6.07, 6.45) is -0.500. The largest absolute Gasteiger partial charge is 0.483 e. The molecule has 0 aliphatic carbocycles. The van der Waals surface area contributed by atoms with Gasteiger partial charge in [0.2, 0.25) is 0 Å². The first kappa shape index (κ1) is 12.1. The molecule has 0 bridgehead atoms. The molecule has 0 saturated heterocycles. The lowest BCUT2D eigenvalue weighted by molar-refractivity contribution is -0.122. The highest BCUT2D eigenvalue weighted by Gasteiger charge is 1.94. The molecule has 0 heterocycles. The number of rotatable bonds is 2. The van der Waals surface area contributed by atoms with E-state index >= 15 is 0 Å². The number of carboxylic acid groups (broad SMARTS) is 1. The molecule has 5 heteroatoms. The Kier molecular flexibility index (Phi) is 10.1. The third-order valence-electron chi connectivity index (χ3n) is 0.429. The molecule has 0 aromatic rings. The molecule has 0 aliphatic rings. The molecular weight excluding hydrogens is 136 g/mol. The van der Waals surface area contributed by atoms with Crippen LogP contribution in [-0.4, -0.2) is 24.0 Å². The summed E-state index contributed by atoms with van der Waals surface area (Å²) in [6.45, 7) is 3.23. The Balaban J connectivity index is 0.